The predicted molar refractivity (Wildman–Crippen MR) is 123 cm³/mol. The van der Waals surface area contributed by atoms with Crippen molar-refractivity contribution in [3.63, 3.8) is 0 Å². The molecule has 36 heavy (non-hydrogen) atoms. The highest BCUT2D eigenvalue weighted by Gasteiger charge is 2.61. The second-order valence-corrected chi connectivity index (χ2v) is 10.2. The summed E-state index contributed by atoms with van der Waals surface area (Å²) < 4.78 is 22.3. The second kappa shape index (κ2) is 11.7. The molecule has 0 aromatic carbocycles. The molecule has 0 radical (unpaired) electrons. The van der Waals surface area contributed by atoms with E-state index in [1.165, 1.54) is 0 Å². The molecule has 12 nitrogen and oxygen atoms in total. The third-order valence-corrected chi connectivity index (χ3v) is 5.74. The molecule has 1 N–H and O–H groups in total. The van der Waals surface area contributed by atoms with Crippen LogP contribution in [0.3, 0.4) is 0 Å². The van der Waals surface area contributed by atoms with Crippen LogP contribution in [0.1, 0.15) is 55.4 Å². The van der Waals surface area contributed by atoms with Crippen LogP contribution in [-0.2, 0) is 47.7 Å². The van der Waals surface area contributed by atoms with Crippen LogP contribution in [0.4, 0.5) is 0 Å². The molecule has 2 aliphatic heterocycles. The highest BCUT2D eigenvalue weighted by Crippen LogP contribution is 2.34. The molecule has 0 spiro atoms. The van der Waals surface area contributed by atoms with E-state index in [0.29, 0.717) is 0 Å². The molecule has 0 bridgehead atoms. The minimum absolute atomic E-state index is 0.454. The summed E-state index contributed by atoms with van der Waals surface area (Å²) in [5.74, 6) is -6.91. The number of ether oxygens (including phenoxy) is 4. The van der Waals surface area contributed by atoms with Gasteiger partial charge in [0, 0.05) is 0 Å². The average molecular weight is 513 g/mol. The largest absolute Gasteiger partial charge is 0.463 e. The Morgan fingerprint density at radius 3 is 1.56 bits per heavy atom. The molecule has 0 saturated carbocycles. The number of fused-ring (bicyclic) bond motifs is 1. The van der Waals surface area contributed by atoms with E-state index in [1.54, 1.807) is 55.4 Å². The smallest absolute Gasteiger partial charge is 0.314 e. The molecule has 2 fully saturated rings. The first-order valence-electron chi connectivity index (χ1n) is 12.1. The standard InChI is InChI=1S/C24H36N2O10/c1-10(2)21(29)33-9-14-15(34-22(30)11(3)4)16(35-23(31)12(5)6)17(36-24(32)13(7)8)18-25-19(27)20(28)26(14)18/h10-18H,9H2,1-8H3,(H,25,27)/t14-,15-,16+,17+,18+/m1/s1. The van der Waals surface area contributed by atoms with Crippen molar-refractivity contribution in [2.75, 3.05) is 6.61 Å². The lowest BCUT2D eigenvalue weighted by atomic mass is 9.91. The van der Waals surface area contributed by atoms with Gasteiger partial charge in [-0.1, -0.05) is 55.4 Å². The van der Waals surface area contributed by atoms with Crippen LogP contribution in [0, 0.1) is 23.7 Å². The Labute approximate surface area is 210 Å². The molecule has 2 rings (SSSR count). The van der Waals surface area contributed by atoms with Crippen LogP contribution < -0.4 is 5.32 Å². The molecular formula is C24H36N2O10. The Hall–Kier alpha value is -3.18. The second-order valence-electron chi connectivity index (χ2n) is 10.2. The van der Waals surface area contributed by atoms with Crippen molar-refractivity contribution in [1.82, 2.24) is 10.2 Å². The highest BCUT2D eigenvalue weighted by molar-refractivity contribution is 6.37. The molecule has 2 heterocycles. The van der Waals surface area contributed by atoms with Gasteiger partial charge >= 0.3 is 35.7 Å². The van der Waals surface area contributed by atoms with Gasteiger partial charge in [0.15, 0.2) is 18.3 Å². The molecule has 202 valence electrons. The van der Waals surface area contributed by atoms with Crippen LogP contribution in [0.5, 0.6) is 0 Å². The van der Waals surface area contributed by atoms with Crippen molar-refractivity contribution < 1.29 is 47.7 Å². The van der Waals surface area contributed by atoms with Gasteiger partial charge in [-0.3, -0.25) is 33.7 Å². The number of amides is 2. The van der Waals surface area contributed by atoms with E-state index >= 15 is 0 Å². The summed E-state index contributed by atoms with van der Waals surface area (Å²) >= 11 is 0. The van der Waals surface area contributed by atoms with Gasteiger partial charge in [-0.2, -0.15) is 0 Å². The van der Waals surface area contributed by atoms with Crippen molar-refractivity contribution in [2.45, 2.75) is 85.9 Å². The lowest BCUT2D eigenvalue weighted by molar-refractivity contribution is -0.222. The maximum Gasteiger partial charge on any atom is 0.314 e. The predicted octanol–water partition coefficient (Wildman–Crippen LogP) is 0.556. The van der Waals surface area contributed by atoms with E-state index in [2.05, 4.69) is 5.32 Å². The van der Waals surface area contributed by atoms with Crippen molar-refractivity contribution in [1.29, 1.82) is 0 Å². The van der Waals surface area contributed by atoms with E-state index in [0.717, 1.165) is 4.90 Å². The first-order valence-corrected chi connectivity index (χ1v) is 12.1. The van der Waals surface area contributed by atoms with Gasteiger partial charge in [-0.05, 0) is 0 Å². The van der Waals surface area contributed by atoms with Gasteiger partial charge in [0.1, 0.15) is 18.8 Å². The van der Waals surface area contributed by atoms with Crippen LogP contribution in [0.15, 0.2) is 0 Å². The number of hydrogen-bond donors (Lipinski definition) is 1. The van der Waals surface area contributed by atoms with Gasteiger partial charge in [0.2, 0.25) is 0 Å². The third kappa shape index (κ3) is 6.33. The summed E-state index contributed by atoms with van der Waals surface area (Å²) in [6, 6.07) is -1.20. The summed E-state index contributed by atoms with van der Waals surface area (Å²) in [4.78, 5) is 76.5. The number of carbonyl (C=O) groups is 6. The Morgan fingerprint density at radius 2 is 1.11 bits per heavy atom. The maximum atomic E-state index is 12.9. The van der Waals surface area contributed by atoms with Gasteiger partial charge < -0.3 is 24.3 Å². The Bertz CT molecular complexity index is 897. The third-order valence-electron chi connectivity index (χ3n) is 5.74. The molecule has 0 aromatic rings. The van der Waals surface area contributed by atoms with Crippen molar-refractivity contribution >= 4 is 35.7 Å². The molecule has 0 aromatic heterocycles. The van der Waals surface area contributed by atoms with E-state index in [-0.39, 0.29) is 0 Å². The minimum atomic E-state index is -1.40. The Morgan fingerprint density at radius 1 is 0.694 bits per heavy atom. The number of rotatable bonds is 9. The number of nitrogens with zero attached hydrogens (tertiary/aromatic N) is 1. The zero-order chi connectivity index (χ0) is 27.5. The Kier molecular flexibility index (Phi) is 9.44. The first kappa shape index (κ1) is 29.1. The van der Waals surface area contributed by atoms with Gasteiger partial charge in [0.05, 0.1) is 23.7 Å². The summed E-state index contributed by atoms with van der Waals surface area (Å²) in [6.45, 7) is 12.3. The van der Waals surface area contributed by atoms with E-state index in [1.807, 2.05) is 0 Å². The van der Waals surface area contributed by atoms with Crippen LogP contribution >= 0.6 is 0 Å². The normalized spacial score (nSPS) is 25.7. The summed E-state index contributed by atoms with van der Waals surface area (Å²) in [7, 11) is 0. The number of nitrogens with one attached hydrogen (secondary N) is 1. The quantitative estimate of drug-likeness (QED) is 0.263. The zero-order valence-corrected chi connectivity index (χ0v) is 21.9. The van der Waals surface area contributed by atoms with Gasteiger partial charge in [-0.15, -0.1) is 0 Å². The topological polar surface area (TPSA) is 155 Å². The van der Waals surface area contributed by atoms with E-state index < -0.39 is 96.5 Å². The average Bonchev–Trinajstić information content (AvgIpc) is 3.08. The Balaban J connectivity index is 2.63. The minimum Gasteiger partial charge on any atom is -0.463 e. The molecule has 2 saturated heterocycles. The fourth-order valence-electron chi connectivity index (χ4n) is 3.58. The molecule has 2 amide bonds. The van der Waals surface area contributed by atoms with Crippen molar-refractivity contribution in [3.05, 3.63) is 0 Å². The molecule has 0 unspecified atom stereocenters. The lowest BCUT2D eigenvalue weighted by Crippen LogP contribution is -2.71. The van der Waals surface area contributed by atoms with Crippen LogP contribution in [0.25, 0.3) is 0 Å². The van der Waals surface area contributed by atoms with Crippen molar-refractivity contribution in [2.24, 2.45) is 23.7 Å². The molecule has 2 aliphatic rings. The molecular weight excluding hydrogens is 476 g/mol. The SMILES string of the molecule is CC(C)C(=O)OC[C@@H]1[C@@H](OC(=O)C(C)C)[C@H](OC(=O)C(C)C)[C@H](OC(=O)C(C)C)[C@H]2NC(=O)C(=O)N12. The highest BCUT2D eigenvalue weighted by atomic mass is 16.6. The van der Waals surface area contributed by atoms with E-state index in [9.17, 15) is 28.8 Å². The number of esters is 4. The molecule has 5 atom stereocenters. The van der Waals surface area contributed by atoms with Gasteiger partial charge in [-0.25, -0.2) is 0 Å². The monoisotopic (exact) mass is 512 g/mol. The van der Waals surface area contributed by atoms with Crippen LogP contribution in [0.2, 0.25) is 0 Å². The fraction of sp³-hybridized carbons (Fsp3) is 0.750. The summed E-state index contributed by atoms with van der Waals surface area (Å²) in [5, 5.41) is 2.46. The molecule has 0 aliphatic carbocycles. The van der Waals surface area contributed by atoms with Crippen LogP contribution in [-0.4, -0.2) is 77.7 Å². The number of hydrogen-bond acceptors (Lipinski definition) is 10. The lowest BCUT2D eigenvalue weighted by Gasteiger charge is -2.48. The number of carbonyl (C=O) groups excluding carboxylic acids is 6. The maximum absolute atomic E-state index is 12.9. The van der Waals surface area contributed by atoms with E-state index in [4.69, 9.17) is 18.9 Å². The van der Waals surface area contributed by atoms with Crippen molar-refractivity contribution in [3.8, 4) is 0 Å². The zero-order valence-electron chi connectivity index (χ0n) is 21.9. The summed E-state index contributed by atoms with van der Waals surface area (Å²) in [6.07, 6.45) is -5.43. The number of piperidine rings is 1. The van der Waals surface area contributed by atoms with Gasteiger partial charge in [0.25, 0.3) is 0 Å². The first-order chi connectivity index (χ1) is 16.7. The fourth-order valence-corrected chi connectivity index (χ4v) is 3.58. The molecule has 12 heteroatoms. The summed E-state index contributed by atoms with van der Waals surface area (Å²) in [5.41, 5.74) is 0.